The molecular weight excluding hydrogens is 144 g/mol. The fraction of sp³-hybridized carbons (Fsp3) is 0.429. The second kappa shape index (κ2) is 2.74. The van der Waals surface area contributed by atoms with E-state index in [0.717, 1.165) is 10.2 Å². The third kappa shape index (κ3) is 1.58. The first kappa shape index (κ1) is 7.78. The standard InChI is InChI=1S/C7H10N2O2/c1-5(2)6-3-8-9(4-6)7(10)11/h3-5H,1-2H3,(H,10,11). The summed E-state index contributed by atoms with van der Waals surface area (Å²) in [6, 6.07) is 0. The van der Waals surface area contributed by atoms with Gasteiger partial charge < -0.3 is 5.11 Å². The third-order valence-corrected chi connectivity index (χ3v) is 1.47. The zero-order valence-corrected chi connectivity index (χ0v) is 6.48. The predicted octanol–water partition coefficient (Wildman–Crippen LogP) is 1.53. The van der Waals surface area contributed by atoms with Crippen molar-refractivity contribution in [2.45, 2.75) is 19.8 Å². The molecule has 0 saturated heterocycles. The van der Waals surface area contributed by atoms with Gasteiger partial charge in [0.1, 0.15) is 0 Å². The van der Waals surface area contributed by atoms with Crippen molar-refractivity contribution in [3.8, 4) is 0 Å². The highest BCUT2D eigenvalue weighted by Crippen LogP contribution is 2.11. The normalized spacial score (nSPS) is 10.5. The highest BCUT2D eigenvalue weighted by molar-refractivity contribution is 5.66. The summed E-state index contributed by atoms with van der Waals surface area (Å²) in [5.74, 6) is 0.322. The van der Waals surface area contributed by atoms with Crippen LogP contribution in [0.15, 0.2) is 12.4 Å². The summed E-state index contributed by atoms with van der Waals surface area (Å²) in [4.78, 5) is 10.3. The molecule has 0 spiro atoms. The molecule has 1 aromatic rings. The summed E-state index contributed by atoms with van der Waals surface area (Å²) in [5.41, 5.74) is 0.937. The van der Waals surface area contributed by atoms with Gasteiger partial charge in [0.05, 0.1) is 6.20 Å². The third-order valence-electron chi connectivity index (χ3n) is 1.47. The van der Waals surface area contributed by atoms with Crippen molar-refractivity contribution in [2.75, 3.05) is 0 Å². The van der Waals surface area contributed by atoms with Crippen LogP contribution in [0.5, 0.6) is 0 Å². The minimum atomic E-state index is -1.04. The molecule has 0 aliphatic carbocycles. The molecule has 0 fully saturated rings. The van der Waals surface area contributed by atoms with Crippen LogP contribution >= 0.6 is 0 Å². The van der Waals surface area contributed by atoms with Crippen LogP contribution < -0.4 is 0 Å². The molecule has 0 aliphatic rings. The van der Waals surface area contributed by atoms with Gasteiger partial charge in [0.15, 0.2) is 0 Å². The van der Waals surface area contributed by atoms with Gasteiger partial charge in [-0.05, 0) is 11.5 Å². The van der Waals surface area contributed by atoms with Crippen LogP contribution in [0.4, 0.5) is 4.79 Å². The first-order valence-electron chi connectivity index (χ1n) is 3.39. The van der Waals surface area contributed by atoms with Gasteiger partial charge in [0.2, 0.25) is 0 Å². The van der Waals surface area contributed by atoms with Gasteiger partial charge in [-0.2, -0.15) is 9.78 Å². The van der Waals surface area contributed by atoms with E-state index in [1.807, 2.05) is 13.8 Å². The Morgan fingerprint density at radius 3 is 2.64 bits per heavy atom. The number of carboxylic acid groups (broad SMARTS) is 1. The van der Waals surface area contributed by atoms with Crippen LogP contribution in [0.25, 0.3) is 0 Å². The number of carbonyl (C=O) groups is 1. The van der Waals surface area contributed by atoms with Crippen molar-refractivity contribution in [1.29, 1.82) is 0 Å². The molecule has 0 atom stereocenters. The second-order valence-corrected chi connectivity index (χ2v) is 2.66. The molecule has 0 radical (unpaired) electrons. The first-order valence-corrected chi connectivity index (χ1v) is 3.39. The molecule has 1 heterocycles. The Hall–Kier alpha value is -1.32. The minimum Gasteiger partial charge on any atom is -0.463 e. The molecule has 4 heteroatoms. The van der Waals surface area contributed by atoms with Crippen molar-refractivity contribution in [3.63, 3.8) is 0 Å². The van der Waals surface area contributed by atoms with E-state index in [1.165, 1.54) is 6.20 Å². The Kier molecular flexibility index (Phi) is 1.94. The lowest BCUT2D eigenvalue weighted by Crippen LogP contribution is -2.07. The van der Waals surface area contributed by atoms with Gasteiger partial charge in [0, 0.05) is 6.20 Å². The quantitative estimate of drug-likeness (QED) is 0.667. The SMILES string of the molecule is CC(C)c1cnn(C(=O)O)c1. The summed E-state index contributed by atoms with van der Waals surface area (Å²) in [6.07, 6.45) is 2.04. The Bertz CT molecular complexity index is 265. The Labute approximate surface area is 64.5 Å². The van der Waals surface area contributed by atoms with Crippen molar-refractivity contribution in [1.82, 2.24) is 9.78 Å². The van der Waals surface area contributed by atoms with Gasteiger partial charge in [-0.3, -0.25) is 0 Å². The lowest BCUT2D eigenvalue weighted by molar-refractivity contribution is 0.192. The van der Waals surface area contributed by atoms with Crippen LogP contribution in [-0.2, 0) is 0 Å². The highest BCUT2D eigenvalue weighted by atomic mass is 16.4. The summed E-state index contributed by atoms with van der Waals surface area (Å²) in [7, 11) is 0. The molecule has 1 rings (SSSR count). The Balaban J connectivity index is 2.90. The molecule has 60 valence electrons. The van der Waals surface area contributed by atoms with Crippen molar-refractivity contribution < 1.29 is 9.90 Å². The Morgan fingerprint density at radius 2 is 2.36 bits per heavy atom. The maximum absolute atomic E-state index is 10.3. The molecule has 4 nitrogen and oxygen atoms in total. The van der Waals surface area contributed by atoms with E-state index < -0.39 is 6.09 Å². The maximum atomic E-state index is 10.3. The van der Waals surface area contributed by atoms with Gasteiger partial charge in [-0.1, -0.05) is 13.8 Å². The molecule has 0 bridgehead atoms. The fourth-order valence-corrected chi connectivity index (χ4v) is 0.739. The summed E-state index contributed by atoms with van der Waals surface area (Å²) in [5, 5.41) is 12.1. The average molecular weight is 154 g/mol. The number of rotatable bonds is 1. The van der Waals surface area contributed by atoms with E-state index in [2.05, 4.69) is 5.10 Å². The summed E-state index contributed by atoms with van der Waals surface area (Å²) >= 11 is 0. The zero-order valence-electron chi connectivity index (χ0n) is 6.48. The number of aromatic nitrogens is 2. The number of hydrogen-bond donors (Lipinski definition) is 1. The molecule has 0 amide bonds. The zero-order chi connectivity index (χ0) is 8.43. The lowest BCUT2D eigenvalue weighted by Gasteiger charge is -1.95. The fourth-order valence-electron chi connectivity index (χ4n) is 0.739. The van der Waals surface area contributed by atoms with Gasteiger partial charge in [0.25, 0.3) is 0 Å². The Morgan fingerprint density at radius 1 is 1.73 bits per heavy atom. The first-order chi connectivity index (χ1) is 5.11. The smallest absolute Gasteiger partial charge is 0.432 e. The van der Waals surface area contributed by atoms with Crippen LogP contribution in [0.3, 0.4) is 0 Å². The van der Waals surface area contributed by atoms with Gasteiger partial charge in [-0.25, -0.2) is 4.79 Å². The van der Waals surface area contributed by atoms with Crippen molar-refractivity contribution >= 4 is 6.09 Å². The molecule has 0 aliphatic heterocycles. The molecule has 0 aromatic carbocycles. The maximum Gasteiger partial charge on any atom is 0.432 e. The van der Waals surface area contributed by atoms with Crippen LogP contribution in [0, 0.1) is 0 Å². The minimum absolute atomic E-state index is 0.322. The molecule has 11 heavy (non-hydrogen) atoms. The van der Waals surface area contributed by atoms with Gasteiger partial charge in [-0.15, -0.1) is 0 Å². The van der Waals surface area contributed by atoms with Crippen LogP contribution in [-0.4, -0.2) is 21.0 Å². The predicted molar refractivity (Wildman–Crippen MR) is 39.7 cm³/mol. The van der Waals surface area contributed by atoms with Crippen LogP contribution in [0.1, 0.15) is 25.3 Å². The summed E-state index contributed by atoms with van der Waals surface area (Å²) < 4.78 is 0.912. The van der Waals surface area contributed by atoms with E-state index >= 15 is 0 Å². The molecular formula is C7H10N2O2. The van der Waals surface area contributed by atoms with E-state index in [-0.39, 0.29) is 0 Å². The topological polar surface area (TPSA) is 55.1 Å². The van der Waals surface area contributed by atoms with Crippen molar-refractivity contribution in [2.24, 2.45) is 0 Å². The molecule has 1 N–H and O–H groups in total. The second-order valence-electron chi connectivity index (χ2n) is 2.66. The van der Waals surface area contributed by atoms with Gasteiger partial charge >= 0.3 is 6.09 Å². The average Bonchev–Trinajstić information content (AvgIpc) is 2.33. The van der Waals surface area contributed by atoms with E-state index in [0.29, 0.717) is 5.92 Å². The largest absolute Gasteiger partial charge is 0.463 e. The van der Waals surface area contributed by atoms with E-state index in [4.69, 9.17) is 5.11 Å². The van der Waals surface area contributed by atoms with E-state index in [9.17, 15) is 4.79 Å². The molecule has 0 unspecified atom stereocenters. The number of nitrogens with zero attached hydrogens (tertiary/aromatic N) is 2. The monoisotopic (exact) mass is 154 g/mol. The molecule has 1 aromatic heterocycles. The van der Waals surface area contributed by atoms with Crippen LogP contribution in [0.2, 0.25) is 0 Å². The number of hydrogen-bond acceptors (Lipinski definition) is 2. The molecule has 0 saturated carbocycles. The summed E-state index contributed by atoms with van der Waals surface area (Å²) in [6.45, 7) is 3.98. The van der Waals surface area contributed by atoms with E-state index in [1.54, 1.807) is 6.20 Å². The highest BCUT2D eigenvalue weighted by Gasteiger charge is 2.05. The van der Waals surface area contributed by atoms with Crippen molar-refractivity contribution in [3.05, 3.63) is 18.0 Å². The lowest BCUT2D eigenvalue weighted by atomic mass is 10.1.